The van der Waals surface area contributed by atoms with Crippen molar-refractivity contribution in [3.05, 3.63) is 23.5 Å². The Morgan fingerprint density at radius 1 is 1.58 bits per heavy atom. The summed E-state index contributed by atoms with van der Waals surface area (Å²) in [4.78, 5) is 2.37. The van der Waals surface area contributed by atoms with Crippen LogP contribution in [0.1, 0.15) is 11.3 Å². The van der Waals surface area contributed by atoms with E-state index < -0.39 is 0 Å². The van der Waals surface area contributed by atoms with Gasteiger partial charge in [-0.25, -0.2) is 0 Å². The summed E-state index contributed by atoms with van der Waals surface area (Å²) in [5.74, 6) is 0. The molecule has 4 heteroatoms. The quantitative estimate of drug-likeness (QED) is 0.735. The minimum absolute atomic E-state index is 1.10. The van der Waals surface area contributed by atoms with Crippen LogP contribution < -0.4 is 0 Å². The van der Waals surface area contributed by atoms with E-state index in [2.05, 4.69) is 49.4 Å². The minimum Gasteiger partial charge on any atom is -0.300 e. The molecule has 1 aromatic heterocycles. The van der Waals surface area contributed by atoms with E-state index >= 15 is 0 Å². The standard InChI is InChI=1S/C8H11IN2S/c1-10-4-2-7-3-5-11(12-9)8(7)6-10/h3,5H,2,4,6H2,1H3. The number of halogens is 1. The third-order valence-corrected chi connectivity index (χ3v) is 4.07. The highest BCUT2D eigenvalue weighted by atomic mass is 127. The van der Waals surface area contributed by atoms with Crippen LogP contribution in [0.25, 0.3) is 0 Å². The van der Waals surface area contributed by atoms with Crippen LogP contribution in [0.2, 0.25) is 0 Å². The van der Waals surface area contributed by atoms with E-state index in [1.807, 2.05) is 0 Å². The molecule has 1 aromatic rings. The Hall–Kier alpha value is 0.320. The monoisotopic (exact) mass is 294 g/mol. The second-order valence-corrected chi connectivity index (χ2v) is 4.88. The minimum atomic E-state index is 1.10. The first kappa shape index (κ1) is 8.90. The molecule has 0 aliphatic carbocycles. The molecule has 0 amide bonds. The number of rotatable bonds is 1. The van der Waals surface area contributed by atoms with Gasteiger partial charge >= 0.3 is 0 Å². The highest BCUT2D eigenvalue weighted by molar-refractivity contribution is 14.2. The Kier molecular flexibility index (Phi) is 2.66. The Morgan fingerprint density at radius 2 is 2.42 bits per heavy atom. The van der Waals surface area contributed by atoms with Crippen LogP contribution in [-0.2, 0) is 13.0 Å². The van der Waals surface area contributed by atoms with Gasteiger partial charge in [-0.3, -0.25) is 3.97 Å². The highest BCUT2D eigenvalue weighted by Crippen LogP contribution is 2.26. The maximum Gasteiger partial charge on any atom is 0.0473 e. The van der Waals surface area contributed by atoms with E-state index in [0.717, 1.165) is 6.54 Å². The maximum absolute atomic E-state index is 2.37. The molecule has 0 fully saturated rings. The lowest BCUT2D eigenvalue weighted by atomic mass is 10.1. The molecule has 1 aliphatic rings. The molecule has 0 bridgehead atoms. The smallest absolute Gasteiger partial charge is 0.0473 e. The fourth-order valence-electron chi connectivity index (χ4n) is 1.59. The summed E-state index contributed by atoms with van der Waals surface area (Å²) in [5, 5.41) is 0. The van der Waals surface area contributed by atoms with Crippen LogP contribution >= 0.6 is 30.3 Å². The van der Waals surface area contributed by atoms with Gasteiger partial charge in [-0.15, -0.1) is 0 Å². The molecular formula is C8H11IN2S. The second kappa shape index (κ2) is 3.59. The van der Waals surface area contributed by atoms with Crippen LogP contribution in [0.5, 0.6) is 0 Å². The molecule has 2 heterocycles. The van der Waals surface area contributed by atoms with Crippen molar-refractivity contribution in [3.63, 3.8) is 0 Å². The second-order valence-electron chi connectivity index (χ2n) is 3.17. The molecule has 0 saturated carbocycles. The SMILES string of the molecule is CN1CCc2ccn(SI)c2C1. The van der Waals surface area contributed by atoms with Gasteiger partial charge in [-0.05, 0) is 25.1 Å². The van der Waals surface area contributed by atoms with Crippen molar-refractivity contribution < 1.29 is 0 Å². The Morgan fingerprint density at radius 3 is 3.17 bits per heavy atom. The van der Waals surface area contributed by atoms with E-state index in [-0.39, 0.29) is 0 Å². The van der Waals surface area contributed by atoms with Gasteiger partial charge in [-0.1, -0.05) is 0 Å². The van der Waals surface area contributed by atoms with E-state index in [9.17, 15) is 0 Å². The molecule has 66 valence electrons. The Balaban J connectivity index is 2.34. The zero-order valence-electron chi connectivity index (χ0n) is 6.96. The lowest BCUT2D eigenvalue weighted by Gasteiger charge is -2.23. The topological polar surface area (TPSA) is 8.17 Å². The van der Waals surface area contributed by atoms with Crippen molar-refractivity contribution >= 4 is 30.3 Å². The molecule has 0 aromatic carbocycles. The van der Waals surface area contributed by atoms with Gasteiger partial charge in [-0.2, -0.15) is 0 Å². The molecule has 2 rings (SSSR count). The van der Waals surface area contributed by atoms with Crippen molar-refractivity contribution in [2.75, 3.05) is 13.6 Å². The molecule has 2 nitrogen and oxygen atoms in total. The van der Waals surface area contributed by atoms with E-state index in [4.69, 9.17) is 0 Å². The molecule has 0 spiro atoms. The number of nitrogens with zero attached hydrogens (tertiary/aromatic N) is 2. The Labute approximate surface area is 89.0 Å². The molecule has 0 saturated heterocycles. The largest absolute Gasteiger partial charge is 0.300 e. The lowest BCUT2D eigenvalue weighted by molar-refractivity contribution is 0.308. The summed E-state index contributed by atoms with van der Waals surface area (Å²) in [6.07, 6.45) is 3.37. The van der Waals surface area contributed by atoms with Crippen molar-refractivity contribution in [1.82, 2.24) is 8.87 Å². The van der Waals surface area contributed by atoms with Gasteiger partial charge in [0.15, 0.2) is 0 Å². The number of aromatic nitrogens is 1. The number of hydrogen-bond donors (Lipinski definition) is 0. The zero-order chi connectivity index (χ0) is 8.55. The van der Waals surface area contributed by atoms with Crippen molar-refractivity contribution in [2.45, 2.75) is 13.0 Å². The fourth-order valence-corrected chi connectivity index (χ4v) is 3.07. The van der Waals surface area contributed by atoms with Crippen molar-refractivity contribution in [2.24, 2.45) is 0 Å². The summed E-state index contributed by atoms with van der Waals surface area (Å²) < 4.78 is 2.26. The summed E-state index contributed by atoms with van der Waals surface area (Å²) in [6.45, 7) is 2.29. The first-order chi connectivity index (χ1) is 5.81. The Bertz CT molecular complexity index is 271. The lowest BCUT2D eigenvalue weighted by Crippen LogP contribution is -2.26. The molecule has 0 radical (unpaired) electrons. The van der Waals surface area contributed by atoms with Gasteiger partial charge in [0.2, 0.25) is 0 Å². The average Bonchev–Trinajstić information content (AvgIpc) is 2.46. The third kappa shape index (κ3) is 1.52. The normalized spacial score (nSPS) is 17.8. The van der Waals surface area contributed by atoms with Crippen LogP contribution in [-0.4, -0.2) is 22.5 Å². The van der Waals surface area contributed by atoms with E-state index in [0.29, 0.717) is 0 Å². The first-order valence-corrected chi connectivity index (χ1v) is 7.29. The highest BCUT2D eigenvalue weighted by Gasteiger charge is 2.16. The first-order valence-electron chi connectivity index (χ1n) is 3.98. The van der Waals surface area contributed by atoms with Crippen LogP contribution in [0.3, 0.4) is 0 Å². The van der Waals surface area contributed by atoms with Crippen molar-refractivity contribution in [1.29, 1.82) is 0 Å². The van der Waals surface area contributed by atoms with Crippen molar-refractivity contribution in [3.8, 4) is 0 Å². The predicted molar refractivity (Wildman–Crippen MR) is 61.5 cm³/mol. The summed E-state index contributed by atoms with van der Waals surface area (Å²) >= 11 is 2.32. The molecule has 0 unspecified atom stereocenters. The average molecular weight is 294 g/mol. The maximum atomic E-state index is 2.37. The fraction of sp³-hybridized carbons (Fsp3) is 0.500. The van der Waals surface area contributed by atoms with Crippen LogP contribution in [0, 0.1) is 0 Å². The van der Waals surface area contributed by atoms with Gasteiger partial charge < -0.3 is 4.90 Å². The van der Waals surface area contributed by atoms with Gasteiger partial charge in [0.05, 0.1) is 0 Å². The number of fused-ring (bicyclic) bond motifs is 1. The third-order valence-electron chi connectivity index (χ3n) is 2.30. The van der Waals surface area contributed by atoms with Gasteiger partial charge in [0.25, 0.3) is 0 Å². The van der Waals surface area contributed by atoms with Crippen LogP contribution in [0.15, 0.2) is 12.3 Å². The number of likely N-dealkylation sites (N-methyl/N-ethyl adjacent to an activating group) is 1. The summed E-state index contributed by atoms with van der Waals surface area (Å²) in [5.41, 5.74) is 3.00. The van der Waals surface area contributed by atoms with E-state index in [1.54, 1.807) is 9.12 Å². The molecule has 0 atom stereocenters. The molecule has 0 N–H and O–H groups in total. The van der Waals surface area contributed by atoms with E-state index in [1.165, 1.54) is 24.2 Å². The predicted octanol–water partition coefficient (Wildman–Crippen LogP) is 2.32. The van der Waals surface area contributed by atoms with Crippen LogP contribution in [0.4, 0.5) is 0 Å². The van der Waals surface area contributed by atoms with Gasteiger partial charge in [0, 0.05) is 55.3 Å². The zero-order valence-corrected chi connectivity index (χ0v) is 9.93. The number of hydrogen-bond acceptors (Lipinski definition) is 2. The molecular weight excluding hydrogens is 283 g/mol. The summed E-state index contributed by atoms with van der Waals surface area (Å²) in [6, 6.07) is 2.24. The van der Waals surface area contributed by atoms with Gasteiger partial charge in [0.1, 0.15) is 0 Å². The molecule has 1 aliphatic heterocycles. The summed E-state index contributed by atoms with van der Waals surface area (Å²) in [7, 11) is 3.93. The molecule has 12 heavy (non-hydrogen) atoms.